The number of carbonyl (C=O) groups is 1. The van der Waals surface area contributed by atoms with Crippen LogP contribution in [0.2, 0.25) is 0 Å². The number of carboxylic acid groups (broad SMARTS) is 1. The van der Waals surface area contributed by atoms with E-state index in [4.69, 9.17) is 22.5 Å². The average Bonchev–Trinajstić information content (AvgIpc) is 2.40. The first-order valence-electron chi connectivity index (χ1n) is 6.14. The summed E-state index contributed by atoms with van der Waals surface area (Å²) >= 11 is 5.03. The lowest BCUT2D eigenvalue weighted by molar-refractivity contribution is -0.137. The minimum Gasteiger partial charge on any atom is -0.481 e. The van der Waals surface area contributed by atoms with Crippen molar-refractivity contribution in [3.05, 3.63) is 29.8 Å². The maximum Gasteiger partial charge on any atom is 0.303 e. The quantitative estimate of drug-likeness (QED) is 0.415. The summed E-state index contributed by atoms with van der Waals surface area (Å²) < 4.78 is 22.2. The van der Waals surface area contributed by atoms with Gasteiger partial charge in [0.15, 0.2) is 5.11 Å². The molecule has 0 atom stereocenters. The van der Waals surface area contributed by atoms with Crippen LogP contribution in [0.1, 0.15) is 18.4 Å². The zero-order valence-corrected chi connectivity index (χ0v) is 12.8. The molecule has 0 radical (unpaired) electrons. The Morgan fingerprint density at radius 2 is 1.86 bits per heavy atom. The molecule has 0 amide bonds. The average molecular weight is 331 g/mol. The summed E-state index contributed by atoms with van der Waals surface area (Å²) in [6.07, 6.45) is 0.574. The second kappa shape index (κ2) is 7.91. The van der Waals surface area contributed by atoms with Crippen LogP contribution in [0.25, 0.3) is 0 Å². The number of rotatable bonds is 7. The van der Waals surface area contributed by atoms with Gasteiger partial charge in [0.25, 0.3) is 0 Å². The molecule has 21 heavy (non-hydrogen) atoms. The van der Waals surface area contributed by atoms with Crippen LogP contribution in [0.4, 0.5) is 0 Å². The molecule has 1 rings (SSSR count). The Morgan fingerprint density at radius 1 is 1.24 bits per heavy atom. The minimum absolute atomic E-state index is 0.0561. The molecular weight excluding hydrogens is 314 g/mol. The highest BCUT2D eigenvalue weighted by Crippen LogP contribution is 2.08. The number of benzene rings is 1. The molecule has 0 aliphatic heterocycles. The molecule has 7 nitrogen and oxygen atoms in total. The Kier molecular flexibility index (Phi) is 6.53. The van der Waals surface area contributed by atoms with Gasteiger partial charge in [-0.05, 0) is 36.3 Å². The van der Waals surface area contributed by atoms with Crippen molar-refractivity contribution in [3.8, 4) is 0 Å². The second-order valence-electron chi connectivity index (χ2n) is 4.30. The molecule has 0 saturated carbocycles. The van der Waals surface area contributed by atoms with E-state index in [9.17, 15) is 13.2 Å². The molecule has 1 aromatic carbocycles. The molecule has 0 fully saturated rings. The maximum absolute atomic E-state index is 11.1. The van der Waals surface area contributed by atoms with E-state index in [1.807, 2.05) is 0 Å². The number of hydrogen-bond acceptors (Lipinski definition) is 4. The molecule has 0 bridgehead atoms. The van der Waals surface area contributed by atoms with Crippen molar-refractivity contribution >= 4 is 33.3 Å². The predicted molar refractivity (Wildman–Crippen MR) is 82.1 cm³/mol. The number of nitrogens with two attached hydrogens (primary N) is 1. The second-order valence-corrected chi connectivity index (χ2v) is 6.27. The predicted octanol–water partition coefficient (Wildman–Crippen LogP) is 0.163. The Morgan fingerprint density at radius 3 is 2.38 bits per heavy atom. The molecular formula is C12H17N3O4S2. The number of hydrogen-bond donors (Lipinski definition) is 4. The number of aliphatic carboxylic acids is 1. The van der Waals surface area contributed by atoms with Gasteiger partial charge in [0, 0.05) is 19.5 Å². The van der Waals surface area contributed by atoms with E-state index in [1.54, 1.807) is 12.1 Å². The van der Waals surface area contributed by atoms with Crippen molar-refractivity contribution in [2.24, 2.45) is 5.14 Å². The highest BCUT2D eigenvalue weighted by molar-refractivity contribution is 7.89. The lowest BCUT2D eigenvalue weighted by Crippen LogP contribution is -2.35. The highest BCUT2D eigenvalue weighted by Gasteiger charge is 2.06. The summed E-state index contributed by atoms with van der Waals surface area (Å²) in [6.45, 7) is 0.901. The molecule has 9 heteroatoms. The fourth-order valence-electron chi connectivity index (χ4n) is 1.48. The van der Waals surface area contributed by atoms with Crippen LogP contribution in [0.3, 0.4) is 0 Å². The standard InChI is InChI=1S/C12H17N3O4S2/c13-21(18,19)10-5-3-9(4-6-10)8-15-12(20)14-7-1-2-11(16)17/h3-6H,1-2,7-8H2,(H,16,17)(H2,13,18,19)(H2,14,15,20). The van der Waals surface area contributed by atoms with Crippen molar-refractivity contribution in [2.75, 3.05) is 6.54 Å². The molecule has 116 valence electrons. The lowest BCUT2D eigenvalue weighted by Gasteiger charge is -2.10. The van der Waals surface area contributed by atoms with E-state index in [1.165, 1.54) is 12.1 Å². The summed E-state index contributed by atoms with van der Waals surface area (Å²) in [5.41, 5.74) is 0.845. The maximum atomic E-state index is 11.1. The van der Waals surface area contributed by atoms with Crippen LogP contribution in [-0.2, 0) is 21.4 Å². The summed E-state index contributed by atoms with van der Waals surface area (Å²) in [6, 6.07) is 6.13. The van der Waals surface area contributed by atoms with Crippen LogP contribution in [0.5, 0.6) is 0 Å². The smallest absolute Gasteiger partial charge is 0.303 e. The first-order chi connectivity index (χ1) is 9.79. The zero-order chi connectivity index (χ0) is 15.9. The molecule has 1 aromatic rings. The van der Waals surface area contributed by atoms with Gasteiger partial charge >= 0.3 is 5.97 Å². The summed E-state index contributed by atoms with van der Waals surface area (Å²) in [5.74, 6) is -0.842. The van der Waals surface area contributed by atoms with Crippen molar-refractivity contribution in [3.63, 3.8) is 0 Å². The minimum atomic E-state index is -3.68. The van der Waals surface area contributed by atoms with Gasteiger partial charge < -0.3 is 15.7 Å². The van der Waals surface area contributed by atoms with Crippen LogP contribution >= 0.6 is 12.2 Å². The zero-order valence-electron chi connectivity index (χ0n) is 11.2. The molecule has 0 aromatic heterocycles. The molecule has 0 aliphatic carbocycles. The fraction of sp³-hybridized carbons (Fsp3) is 0.333. The third-order valence-corrected chi connectivity index (χ3v) is 3.78. The number of thiocarbonyl (C=S) groups is 1. The first kappa shape index (κ1) is 17.3. The van der Waals surface area contributed by atoms with Crippen LogP contribution in [0.15, 0.2) is 29.2 Å². The summed E-state index contributed by atoms with van der Waals surface area (Å²) in [5, 5.41) is 19.7. The van der Waals surface area contributed by atoms with E-state index in [0.717, 1.165) is 5.56 Å². The number of primary sulfonamides is 1. The third-order valence-electron chi connectivity index (χ3n) is 2.56. The largest absolute Gasteiger partial charge is 0.481 e. The van der Waals surface area contributed by atoms with Crippen molar-refractivity contribution in [2.45, 2.75) is 24.3 Å². The lowest BCUT2D eigenvalue weighted by atomic mass is 10.2. The van der Waals surface area contributed by atoms with Crippen molar-refractivity contribution < 1.29 is 18.3 Å². The van der Waals surface area contributed by atoms with Gasteiger partial charge in [0.1, 0.15) is 0 Å². The third kappa shape index (κ3) is 7.02. The van der Waals surface area contributed by atoms with Gasteiger partial charge in [-0.2, -0.15) is 0 Å². The van der Waals surface area contributed by atoms with E-state index < -0.39 is 16.0 Å². The Balaban J connectivity index is 2.35. The van der Waals surface area contributed by atoms with Gasteiger partial charge in [0.05, 0.1) is 4.90 Å². The normalized spacial score (nSPS) is 10.9. The van der Waals surface area contributed by atoms with Gasteiger partial charge in [-0.15, -0.1) is 0 Å². The topological polar surface area (TPSA) is 122 Å². The van der Waals surface area contributed by atoms with Gasteiger partial charge in [-0.25, -0.2) is 13.6 Å². The van der Waals surface area contributed by atoms with Gasteiger partial charge in [-0.3, -0.25) is 4.79 Å². The van der Waals surface area contributed by atoms with E-state index >= 15 is 0 Å². The van der Waals surface area contributed by atoms with Crippen molar-refractivity contribution in [1.82, 2.24) is 10.6 Å². The molecule has 0 unspecified atom stereocenters. The molecule has 0 spiro atoms. The van der Waals surface area contributed by atoms with Crippen molar-refractivity contribution in [1.29, 1.82) is 0 Å². The van der Waals surface area contributed by atoms with Crippen LogP contribution in [0, 0.1) is 0 Å². The fourth-order valence-corrected chi connectivity index (χ4v) is 2.17. The summed E-state index contributed by atoms with van der Waals surface area (Å²) in [4.78, 5) is 10.4. The highest BCUT2D eigenvalue weighted by atomic mass is 32.2. The molecule has 0 heterocycles. The number of carboxylic acids is 1. The first-order valence-corrected chi connectivity index (χ1v) is 8.10. The molecule has 0 saturated heterocycles. The van der Waals surface area contributed by atoms with Crippen LogP contribution in [-0.4, -0.2) is 31.2 Å². The molecule has 5 N–H and O–H groups in total. The Hall–Kier alpha value is -1.71. The number of sulfonamides is 1. The van der Waals surface area contributed by atoms with Gasteiger partial charge in [-0.1, -0.05) is 12.1 Å². The Labute approximate surface area is 128 Å². The molecule has 0 aliphatic rings. The Bertz CT molecular complexity index is 599. The van der Waals surface area contributed by atoms with Crippen LogP contribution < -0.4 is 15.8 Å². The van der Waals surface area contributed by atoms with Gasteiger partial charge in [0.2, 0.25) is 10.0 Å². The SMILES string of the molecule is NS(=O)(=O)c1ccc(CNC(=S)NCCCC(=O)O)cc1. The van der Waals surface area contributed by atoms with E-state index in [2.05, 4.69) is 10.6 Å². The number of nitrogens with one attached hydrogen (secondary N) is 2. The monoisotopic (exact) mass is 331 g/mol. The van der Waals surface area contributed by atoms with E-state index in [0.29, 0.717) is 24.6 Å². The summed E-state index contributed by atoms with van der Waals surface area (Å²) in [7, 11) is -3.68. The van der Waals surface area contributed by atoms with E-state index in [-0.39, 0.29) is 11.3 Å².